The first-order chi connectivity index (χ1) is 13.1. The van der Waals surface area contributed by atoms with Crippen LogP contribution in [0.4, 0.5) is 0 Å². The molecule has 0 amide bonds. The van der Waals surface area contributed by atoms with E-state index in [1.165, 1.54) is 14.9 Å². The van der Waals surface area contributed by atoms with Gasteiger partial charge >= 0.3 is 0 Å². The van der Waals surface area contributed by atoms with E-state index in [1.54, 1.807) is 6.92 Å². The minimum Gasteiger partial charge on any atom is -0.379 e. The van der Waals surface area contributed by atoms with Gasteiger partial charge in [0.25, 0.3) is 10.2 Å². The summed E-state index contributed by atoms with van der Waals surface area (Å²) in [6.07, 6.45) is 2.10. The molecule has 1 saturated carbocycles. The van der Waals surface area contributed by atoms with Gasteiger partial charge in [0.05, 0.1) is 24.9 Å². The first-order valence-electron chi connectivity index (χ1n) is 9.21. The van der Waals surface area contributed by atoms with E-state index in [2.05, 4.69) is 14.9 Å². The molecule has 2 aliphatic heterocycles. The van der Waals surface area contributed by atoms with Crippen LogP contribution < -0.4 is 4.72 Å². The van der Waals surface area contributed by atoms with Crippen molar-refractivity contribution in [3.63, 3.8) is 0 Å². The summed E-state index contributed by atoms with van der Waals surface area (Å²) >= 11 is 0. The summed E-state index contributed by atoms with van der Waals surface area (Å²) in [5, 5.41) is 3.86. The van der Waals surface area contributed by atoms with Crippen LogP contribution in [-0.4, -0.2) is 87.3 Å². The maximum absolute atomic E-state index is 12.7. The van der Waals surface area contributed by atoms with Crippen LogP contribution in [0.5, 0.6) is 0 Å². The zero-order chi connectivity index (χ0) is 20.2. The molecule has 1 aromatic heterocycles. The molecule has 1 unspecified atom stereocenters. The smallest absolute Gasteiger partial charge is 0.279 e. The Morgan fingerprint density at radius 2 is 1.89 bits per heavy atom. The number of nitrogens with zero attached hydrogens (tertiary/aromatic N) is 4. The average Bonchev–Trinajstić information content (AvgIpc) is 3.27. The predicted octanol–water partition coefficient (Wildman–Crippen LogP) is -1.16. The van der Waals surface area contributed by atoms with E-state index >= 15 is 0 Å². The number of hydrogen-bond donors (Lipinski definition) is 1. The number of sulfonamides is 1. The Morgan fingerprint density at radius 1 is 1.18 bits per heavy atom. The third-order valence-corrected chi connectivity index (χ3v) is 8.78. The SMILES string of the molecule is Cc1noc([C@]23C[C@H](NS(=O)(=O)N4CCOCC4)CC2CN(S(C)(=O)=O)C3)n1. The maximum Gasteiger partial charge on any atom is 0.279 e. The summed E-state index contributed by atoms with van der Waals surface area (Å²) in [5.41, 5.74) is -0.678. The van der Waals surface area contributed by atoms with Crippen molar-refractivity contribution in [1.82, 2.24) is 23.5 Å². The van der Waals surface area contributed by atoms with Crippen molar-refractivity contribution in [1.29, 1.82) is 0 Å². The van der Waals surface area contributed by atoms with Crippen LogP contribution in [0.25, 0.3) is 0 Å². The number of ether oxygens (including phenoxy) is 1. The fraction of sp³-hybridized carbons (Fsp3) is 0.867. The number of aromatic nitrogens is 2. The number of nitrogens with one attached hydrogen (secondary N) is 1. The van der Waals surface area contributed by atoms with Gasteiger partial charge in [-0.15, -0.1) is 0 Å². The molecule has 0 aromatic carbocycles. The summed E-state index contributed by atoms with van der Waals surface area (Å²) in [6.45, 7) is 3.63. The number of hydrogen-bond acceptors (Lipinski definition) is 8. The van der Waals surface area contributed by atoms with Crippen molar-refractivity contribution < 1.29 is 26.1 Å². The van der Waals surface area contributed by atoms with E-state index in [1.807, 2.05) is 0 Å². The molecular formula is C15H25N5O6S2. The molecule has 4 rings (SSSR count). The average molecular weight is 436 g/mol. The molecule has 2 saturated heterocycles. The largest absolute Gasteiger partial charge is 0.379 e. The van der Waals surface area contributed by atoms with Gasteiger partial charge in [-0.05, 0) is 25.7 Å². The van der Waals surface area contributed by atoms with Crippen LogP contribution in [0.3, 0.4) is 0 Å². The molecule has 3 fully saturated rings. The van der Waals surface area contributed by atoms with E-state index in [0.717, 1.165) is 0 Å². The fourth-order valence-electron chi connectivity index (χ4n) is 4.57. The second-order valence-electron chi connectivity index (χ2n) is 7.83. The summed E-state index contributed by atoms with van der Waals surface area (Å²) in [7, 11) is -7.01. The molecular weight excluding hydrogens is 410 g/mol. The van der Waals surface area contributed by atoms with Crippen molar-refractivity contribution >= 4 is 20.2 Å². The molecule has 3 atom stereocenters. The first kappa shape index (κ1) is 20.2. The highest BCUT2D eigenvalue weighted by Crippen LogP contribution is 2.50. The number of rotatable bonds is 5. The summed E-state index contributed by atoms with van der Waals surface area (Å²) < 4.78 is 65.9. The third kappa shape index (κ3) is 3.59. The topological polar surface area (TPSA) is 135 Å². The first-order valence-corrected chi connectivity index (χ1v) is 12.5. The molecule has 1 aromatic rings. The number of morpholine rings is 1. The summed E-state index contributed by atoms with van der Waals surface area (Å²) in [4.78, 5) is 4.36. The Hall–Kier alpha value is -1.12. The molecule has 3 aliphatic rings. The van der Waals surface area contributed by atoms with Crippen LogP contribution in [0, 0.1) is 12.8 Å². The normalized spacial score (nSPS) is 32.6. The van der Waals surface area contributed by atoms with Crippen LogP contribution in [-0.2, 0) is 30.4 Å². The van der Waals surface area contributed by atoms with E-state index in [9.17, 15) is 16.8 Å². The Labute approximate surface area is 164 Å². The predicted molar refractivity (Wildman–Crippen MR) is 98.1 cm³/mol. The van der Waals surface area contributed by atoms with Gasteiger partial charge in [-0.25, -0.2) is 12.7 Å². The highest BCUT2D eigenvalue weighted by Gasteiger charge is 2.59. The quantitative estimate of drug-likeness (QED) is 0.612. The van der Waals surface area contributed by atoms with Crippen molar-refractivity contribution in [2.24, 2.45) is 5.92 Å². The molecule has 0 bridgehead atoms. The van der Waals surface area contributed by atoms with E-state index in [0.29, 0.717) is 57.4 Å². The van der Waals surface area contributed by atoms with Crippen molar-refractivity contribution in [3.8, 4) is 0 Å². The van der Waals surface area contributed by atoms with Crippen molar-refractivity contribution in [2.75, 3.05) is 45.6 Å². The highest BCUT2D eigenvalue weighted by atomic mass is 32.2. The van der Waals surface area contributed by atoms with Crippen molar-refractivity contribution in [2.45, 2.75) is 31.2 Å². The lowest BCUT2D eigenvalue weighted by molar-refractivity contribution is 0.0723. The standard InChI is InChI=1S/C15H25N5O6S2/c1-11-16-14(26-17-11)15-8-13(7-12(15)9-20(10-15)27(2,21)22)18-28(23,24)19-3-5-25-6-4-19/h12-13,18H,3-10H2,1-2H3/t12?,13-,15+/m1/s1. The van der Waals surface area contributed by atoms with Crippen LogP contribution in [0.2, 0.25) is 0 Å². The second kappa shape index (κ2) is 6.99. The molecule has 28 heavy (non-hydrogen) atoms. The van der Waals surface area contributed by atoms with Crippen molar-refractivity contribution in [3.05, 3.63) is 11.7 Å². The Balaban J connectivity index is 1.57. The molecule has 1 N–H and O–H groups in total. The Morgan fingerprint density at radius 3 is 2.50 bits per heavy atom. The molecule has 0 spiro atoms. The summed E-state index contributed by atoms with van der Waals surface area (Å²) in [5.74, 6) is 0.756. The van der Waals surface area contributed by atoms with Gasteiger partial charge in [-0.3, -0.25) is 0 Å². The highest BCUT2D eigenvalue weighted by molar-refractivity contribution is 7.88. The Bertz CT molecular complexity index is 942. The minimum atomic E-state index is -3.64. The maximum atomic E-state index is 12.7. The van der Waals surface area contributed by atoms with Gasteiger partial charge in [0.15, 0.2) is 5.82 Å². The van der Waals surface area contributed by atoms with Crippen LogP contribution in [0.15, 0.2) is 4.52 Å². The lowest BCUT2D eigenvalue weighted by atomic mass is 9.80. The minimum absolute atomic E-state index is 0.0977. The van der Waals surface area contributed by atoms with Gasteiger partial charge in [0, 0.05) is 32.2 Å². The number of fused-ring (bicyclic) bond motifs is 1. The second-order valence-corrected chi connectivity index (χ2v) is 11.5. The van der Waals surface area contributed by atoms with Gasteiger partial charge in [0.1, 0.15) is 0 Å². The summed E-state index contributed by atoms with van der Waals surface area (Å²) in [6, 6.07) is -0.327. The Kier molecular flexibility index (Phi) is 5.03. The van der Waals surface area contributed by atoms with E-state index in [-0.39, 0.29) is 18.5 Å². The zero-order valence-corrected chi connectivity index (χ0v) is 17.5. The number of aryl methyl sites for hydroxylation is 1. The van der Waals surface area contributed by atoms with Gasteiger partial charge in [-0.2, -0.15) is 22.4 Å². The lowest BCUT2D eigenvalue weighted by Gasteiger charge is -2.28. The molecule has 158 valence electrons. The molecule has 13 heteroatoms. The lowest BCUT2D eigenvalue weighted by Crippen LogP contribution is -2.49. The molecule has 0 radical (unpaired) electrons. The molecule has 1 aliphatic carbocycles. The van der Waals surface area contributed by atoms with Gasteiger partial charge < -0.3 is 9.26 Å². The monoisotopic (exact) mass is 435 g/mol. The van der Waals surface area contributed by atoms with Crippen LogP contribution in [0.1, 0.15) is 24.6 Å². The molecule has 11 nitrogen and oxygen atoms in total. The zero-order valence-electron chi connectivity index (χ0n) is 15.9. The fourth-order valence-corrected chi connectivity index (χ4v) is 6.87. The van der Waals surface area contributed by atoms with Gasteiger partial charge in [0.2, 0.25) is 15.9 Å². The van der Waals surface area contributed by atoms with E-state index in [4.69, 9.17) is 9.26 Å². The third-order valence-electron chi connectivity index (χ3n) is 5.89. The van der Waals surface area contributed by atoms with Gasteiger partial charge in [-0.1, -0.05) is 5.16 Å². The molecule has 3 heterocycles. The van der Waals surface area contributed by atoms with Crippen LogP contribution >= 0.6 is 0 Å². The van der Waals surface area contributed by atoms with E-state index < -0.39 is 25.6 Å².